The molecule has 0 aromatic rings. The van der Waals surface area contributed by atoms with Gasteiger partial charge in [-0.1, -0.05) is 13.8 Å². The van der Waals surface area contributed by atoms with Crippen LogP contribution in [-0.2, 0) is 9.59 Å². The predicted molar refractivity (Wildman–Crippen MR) is 64.6 cm³/mol. The number of carbonyl (C=O) groups excluding carboxylic acids is 1. The lowest BCUT2D eigenvalue weighted by molar-refractivity contribution is -0.152. The van der Waals surface area contributed by atoms with Gasteiger partial charge in [0.15, 0.2) is 0 Å². The van der Waals surface area contributed by atoms with Crippen molar-refractivity contribution in [2.45, 2.75) is 52.5 Å². The molecule has 0 aromatic heterocycles. The molecule has 0 bridgehead atoms. The summed E-state index contributed by atoms with van der Waals surface area (Å²) in [5.41, 5.74) is -0.969. The van der Waals surface area contributed by atoms with E-state index in [0.717, 1.165) is 0 Å². The molecule has 0 aliphatic heterocycles. The van der Waals surface area contributed by atoms with E-state index in [1.54, 1.807) is 20.8 Å². The van der Waals surface area contributed by atoms with Crippen LogP contribution in [0, 0.1) is 5.41 Å². The third-order valence-electron chi connectivity index (χ3n) is 3.28. The summed E-state index contributed by atoms with van der Waals surface area (Å²) in [4.78, 5) is 22.9. The van der Waals surface area contributed by atoms with Crippen molar-refractivity contribution in [1.82, 2.24) is 5.32 Å². The highest BCUT2D eigenvalue weighted by atomic mass is 16.4. The van der Waals surface area contributed by atoms with Crippen molar-refractivity contribution in [2.24, 2.45) is 5.41 Å². The normalized spacial score (nSPS) is 13.2. The lowest BCUT2D eigenvalue weighted by Crippen LogP contribution is -2.40. The van der Waals surface area contributed by atoms with Crippen LogP contribution < -0.4 is 5.32 Å². The summed E-state index contributed by atoms with van der Waals surface area (Å²) < 4.78 is 0. The molecule has 0 spiro atoms. The van der Waals surface area contributed by atoms with Crippen molar-refractivity contribution in [3.05, 3.63) is 0 Å². The van der Waals surface area contributed by atoms with Crippen molar-refractivity contribution in [3.63, 3.8) is 0 Å². The molecule has 3 N–H and O–H groups in total. The van der Waals surface area contributed by atoms with Crippen LogP contribution >= 0.6 is 0 Å². The average Bonchev–Trinajstić information content (AvgIpc) is 2.25. The molecule has 100 valence electrons. The third kappa shape index (κ3) is 4.73. The number of carboxylic acid groups (broad SMARTS) is 1. The van der Waals surface area contributed by atoms with Crippen LogP contribution in [0.4, 0.5) is 0 Å². The van der Waals surface area contributed by atoms with Crippen molar-refractivity contribution in [2.75, 3.05) is 6.61 Å². The van der Waals surface area contributed by atoms with Crippen molar-refractivity contribution < 1.29 is 19.8 Å². The van der Waals surface area contributed by atoms with E-state index >= 15 is 0 Å². The second-order valence-electron chi connectivity index (χ2n) is 4.45. The molecule has 0 saturated heterocycles. The SMILES string of the molecule is CCC(CC)(CC(=O)NC(C)CCO)C(=O)O. The third-order valence-corrected chi connectivity index (χ3v) is 3.28. The number of aliphatic hydroxyl groups excluding tert-OH is 1. The summed E-state index contributed by atoms with van der Waals surface area (Å²) in [6.45, 7) is 5.35. The van der Waals surface area contributed by atoms with E-state index < -0.39 is 11.4 Å². The molecule has 1 amide bonds. The maximum absolute atomic E-state index is 11.7. The van der Waals surface area contributed by atoms with Crippen LogP contribution in [-0.4, -0.2) is 34.7 Å². The zero-order valence-electron chi connectivity index (χ0n) is 10.8. The molecule has 5 nitrogen and oxygen atoms in total. The maximum Gasteiger partial charge on any atom is 0.310 e. The van der Waals surface area contributed by atoms with Gasteiger partial charge in [-0.2, -0.15) is 0 Å². The number of carbonyl (C=O) groups is 2. The second kappa shape index (κ2) is 7.27. The van der Waals surface area contributed by atoms with E-state index in [4.69, 9.17) is 5.11 Å². The minimum atomic E-state index is -0.969. The minimum absolute atomic E-state index is 0.00702. The maximum atomic E-state index is 11.7. The van der Waals surface area contributed by atoms with Gasteiger partial charge in [-0.05, 0) is 26.2 Å². The number of aliphatic hydroxyl groups is 1. The van der Waals surface area contributed by atoms with Gasteiger partial charge in [0.2, 0.25) is 5.91 Å². The van der Waals surface area contributed by atoms with E-state index in [-0.39, 0.29) is 25.0 Å². The molecule has 1 unspecified atom stereocenters. The van der Waals surface area contributed by atoms with Gasteiger partial charge >= 0.3 is 5.97 Å². The van der Waals surface area contributed by atoms with Gasteiger partial charge in [0.05, 0.1) is 5.41 Å². The van der Waals surface area contributed by atoms with E-state index in [1.165, 1.54) is 0 Å². The molecule has 0 aromatic carbocycles. The zero-order chi connectivity index (χ0) is 13.5. The first-order valence-electron chi connectivity index (χ1n) is 6.05. The topological polar surface area (TPSA) is 86.6 Å². The number of nitrogens with one attached hydrogen (secondary N) is 1. The van der Waals surface area contributed by atoms with E-state index in [1.807, 2.05) is 0 Å². The van der Waals surface area contributed by atoms with Crippen molar-refractivity contribution >= 4 is 11.9 Å². The second-order valence-corrected chi connectivity index (χ2v) is 4.45. The largest absolute Gasteiger partial charge is 0.481 e. The highest BCUT2D eigenvalue weighted by Gasteiger charge is 2.37. The number of aliphatic carboxylic acids is 1. The van der Waals surface area contributed by atoms with Crippen molar-refractivity contribution in [1.29, 1.82) is 0 Å². The zero-order valence-corrected chi connectivity index (χ0v) is 10.8. The van der Waals surface area contributed by atoms with Crippen molar-refractivity contribution in [3.8, 4) is 0 Å². The molecule has 5 heteroatoms. The summed E-state index contributed by atoms with van der Waals surface area (Å²) in [7, 11) is 0. The molecule has 0 heterocycles. The average molecular weight is 245 g/mol. The Kier molecular flexibility index (Phi) is 6.80. The summed E-state index contributed by atoms with van der Waals surface area (Å²) in [5.74, 6) is -1.19. The Morgan fingerprint density at radius 2 is 1.82 bits per heavy atom. The fourth-order valence-corrected chi connectivity index (χ4v) is 1.78. The molecular formula is C12H23NO4. The minimum Gasteiger partial charge on any atom is -0.481 e. The molecule has 0 rings (SSSR count). The fourth-order valence-electron chi connectivity index (χ4n) is 1.78. The number of rotatable bonds is 8. The molecule has 0 aliphatic rings. The molecule has 17 heavy (non-hydrogen) atoms. The van der Waals surface area contributed by atoms with Gasteiger partial charge in [-0.15, -0.1) is 0 Å². The molecule has 0 radical (unpaired) electrons. The van der Waals surface area contributed by atoms with Gasteiger partial charge in [0.25, 0.3) is 0 Å². The summed E-state index contributed by atoms with van der Waals surface area (Å²) in [6.07, 6.45) is 1.33. The standard InChI is InChI=1S/C12H23NO4/c1-4-12(5-2,11(16)17)8-10(15)13-9(3)6-7-14/h9,14H,4-8H2,1-3H3,(H,13,15)(H,16,17). The van der Waals surface area contributed by atoms with Crippen LogP contribution in [0.15, 0.2) is 0 Å². The highest BCUT2D eigenvalue weighted by Crippen LogP contribution is 2.30. The van der Waals surface area contributed by atoms with E-state index in [2.05, 4.69) is 5.32 Å². The van der Waals surface area contributed by atoms with Crippen LogP contribution in [0.5, 0.6) is 0 Å². The quantitative estimate of drug-likeness (QED) is 0.599. The number of carboxylic acids is 1. The number of hydrogen-bond donors (Lipinski definition) is 3. The molecule has 0 saturated carbocycles. The van der Waals surface area contributed by atoms with Gasteiger partial charge in [-0.3, -0.25) is 9.59 Å². The fraction of sp³-hybridized carbons (Fsp3) is 0.833. The Labute approximate surface area is 102 Å². The predicted octanol–water partition coefficient (Wildman–Crippen LogP) is 1.15. The Hall–Kier alpha value is -1.10. The molecule has 0 aliphatic carbocycles. The Balaban J connectivity index is 4.47. The monoisotopic (exact) mass is 245 g/mol. The van der Waals surface area contributed by atoms with Gasteiger partial charge < -0.3 is 15.5 Å². The van der Waals surface area contributed by atoms with Gasteiger partial charge in [-0.25, -0.2) is 0 Å². The number of hydrogen-bond acceptors (Lipinski definition) is 3. The van der Waals surface area contributed by atoms with Crippen LogP contribution in [0.3, 0.4) is 0 Å². The Morgan fingerprint density at radius 3 is 2.18 bits per heavy atom. The lowest BCUT2D eigenvalue weighted by atomic mass is 9.79. The molecular weight excluding hydrogens is 222 g/mol. The first kappa shape index (κ1) is 15.9. The molecule has 0 fully saturated rings. The summed E-state index contributed by atoms with van der Waals surface area (Å²) in [6, 6.07) is -0.132. The molecule has 1 atom stereocenters. The lowest BCUT2D eigenvalue weighted by Gasteiger charge is -2.26. The summed E-state index contributed by atoms with van der Waals surface area (Å²) in [5, 5.41) is 20.6. The summed E-state index contributed by atoms with van der Waals surface area (Å²) >= 11 is 0. The van der Waals surface area contributed by atoms with E-state index in [9.17, 15) is 14.7 Å². The van der Waals surface area contributed by atoms with E-state index in [0.29, 0.717) is 19.3 Å². The van der Waals surface area contributed by atoms with Gasteiger partial charge in [0, 0.05) is 19.1 Å². The first-order valence-corrected chi connectivity index (χ1v) is 6.05. The smallest absolute Gasteiger partial charge is 0.310 e. The Morgan fingerprint density at radius 1 is 1.29 bits per heavy atom. The Bertz CT molecular complexity index is 261. The number of amides is 1. The van der Waals surface area contributed by atoms with Crippen LogP contribution in [0.2, 0.25) is 0 Å². The van der Waals surface area contributed by atoms with Crippen LogP contribution in [0.25, 0.3) is 0 Å². The highest BCUT2D eigenvalue weighted by molar-refractivity contribution is 5.85. The first-order chi connectivity index (χ1) is 7.91. The van der Waals surface area contributed by atoms with Crippen LogP contribution in [0.1, 0.15) is 46.5 Å². The van der Waals surface area contributed by atoms with Gasteiger partial charge in [0.1, 0.15) is 0 Å².